The molecule has 0 fully saturated rings. The third-order valence-corrected chi connectivity index (χ3v) is 12.2. The summed E-state index contributed by atoms with van der Waals surface area (Å²) in [5.41, 5.74) is 0. The third-order valence-electron chi connectivity index (χ3n) is 2.82. The summed E-state index contributed by atoms with van der Waals surface area (Å²) in [7, 11) is 0. The van der Waals surface area contributed by atoms with Crippen molar-refractivity contribution in [1.82, 2.24) is 0 Å². The van der Waals surface area contributed by atoms with Crippen LogP contribution in [0, 0.1) is 0 Å². The average molecular weight is 343 g/mol. The van der Waals surface area contributed by atoms with E-state index in [4.69, 9.17) is 0 Å². The van der Waals surface area contributed by atoms with Gasteiger partial charge in [-0.2, -0.15) is 0 Å². The van der Waals surface area contributed by atoms with Gasteiger partial charge in [-0.05, 0) is 0 Å². The molecule has 2 aliphatic carbocycles. The smallest absolute Gasteiger partial charge is 1.00 e. The molecule has 0 aromatic carbocycles. The summed E-state index contributed by atoms with van der Waals surface area (Å²) in [5.74, 6) is 0. The largest absolute Gasteiger partial charge is 1.00 e. The van der Waals surface area contributed by atoms with Crippen LogP contribution in [-0.4, -0.2) is 18.4 Å². The SMILES string of the molecule is [CH3][Sn]([CH3])([CH3])[C]1=[C]([Ti][C]2=CC=CC2)CC=C1.[H-].[H-]. The van der Waals surface area contributed by atoms with Gasteiger partial charge in [0, 0.05) is 0 Å². The van der Waals surface area contributed by atoms with E-state index in [9.17, 15) is 0 Å². The maximum absolute atomic E-state index is 2.53. The van der Waals surface area contributed by atoms with E-state index in [2.05, 4.69) is 45.2 Å². The van der Waals surface area contributed by atoms with Gasteiger partial charge < -0.3 is 2.85 Å². The van der Waals surface area contributed by atoms with Crippen LogP contribution in [0.25, 0.3) is 0 Å². The zero-order chi connectivity index (χ0) is 10.9. The van der Waals surface area contributed by atoms with Crippen LogP contribution in [0.3, 0.4) is 0 Å². The molecular weight excluding hydrogens is 323 g/mol. The minimum atomic E-state index is -1.81. The van der Waals surface area contributed by atoms with Gasteiger partial charge in [0.2, 0.25) is 0 Å². The summed E-state index contributed by atoms with van der Waals surface area (Å²) in [6.07, 6.45) is 14.2. The molecule has 0 heterocycles. The van der Waals surface area contributed by atoms with Crippen molar-refractivity contribution in [3.05, 3.63) is 41.7 Å². The van der Waals surface area contributed by atoms with Gasteiger partial charge in [-0.25, -0.2) is 0 Å². The van der Waals surface area contributed by atoms with E-state index >= 15 is 0 Å². The van der Waals surface area contributed by atoms with Crippen molar-refractivity contribution in [3.63, 3.8) is 0 Å². The van der Waals surface area contributed by atoms with Gasteiger partial charge in [0.05, 0.1) is 0 Å². The predicted molar refractivity (Wildman–Crippen MR) is 68.2 cm³/mol. The Labute approximate surface area is 109 Å². The van der Waals surface area contributed by atoms with Gasteiger partial charge in [0.25, 0.3) is 0 Å². The molecule has 2 heteroatoms. The molecule has 0 saturated carbocycles. The van der Waals surface area contributed by atoms with Gasteiger partial charge in [-0.15, -0.1) is 0 Å². The van der Waals surface area contributed by atoms with Crippen molar-refractivity contribution >= 4 is 18.4 Å². The van der Waals surface area contributed by atoms with Gasteiger partial charge in [0.1, 0.15) is 0 Å². The second kappa shape index (κ2) is 4.77. The minimum absolute atomic E-state index is 0. The van der Waals surface area contributed by atoms with Crippen LogP contribution < -0.4 is 0 Å². The van der Waals surface area contributed by atoms with Crippen molar-refractivity contribution < 1.29 is 22.0 Å². The summed E-state index contributed by atoms with van der Waals surface area (Å²) in [6, 6.07) is 0. The molecule has 0 aliphatic heterocycles. The molecule has 0 amide bonds. The van der Waals surface area contributed by atoms with Gasteiger partial charge >= 0.3 is 107 Å². The van der Waals surface area contributed by atoms with Crippen molar-refractivity contribution in [2.45, 2.75) is 27.7 Å². The Balaban J connectivity index is 0.00000128. The van der Waals surface area contributed by atoms with Crippen molar-refractivity contribution in [2.75, 3.05) is 0 Å². The Morgan fingerprint density at radius 2 is 2.00 bits per heavy atom. The molecule has 0 aromatic heterocycles. The van der Waals surface area contributed by atoms with E-state index in [-0.39, 0.29) is 22.0 Å². The molecular formula is C13H20SnTi-2. The van der Waals surface area contributed by atoms with E-state index in [0.29, 0.717) is 0 Å². The van der Waals surface area contributed by atoms with E-state index in [1.165, 1.54) is 12.8 Å². The molecule has 0 radical (unpaired) electrons. The van der Waals surface area contributed by atoms with Gasteiger partial charge in [-0.1, -0.05) is 0 Å². The van der Waals surface area contributed by atoms with Crippen LogP contribution in [0.5, 0.6) is 0 Å². The van der Waals surface area contributed by atoms with E-state index in [1.807, 2.05) is 7.47 Å². The first-order valence-corrected chi connectivity index (χ1v) is 17.2. The van der Waals surface area contributed by atoms with Gasteiger partial charge in [0.15, 0.2) is 0 Å². The molecule has 15 heavy (non-hydrogen) atoms. The fourth-order valence-electron chi connectivity index (χ4n) is 2.06. The van der Waals surface area contributed by atoms with Crippen molar-refractivity contribution in [3.8, 4) is 0 Å². The van der Waals surface area contributed by atoms with Crippen LogP contribution in [0.1, 0.15) is 15.7 Å². The van der Waals surface area contributed by atoms with Crippen molar-refractivity contribution in [1.29, 1.82) is 0 Å². The molecule has 0 N–H and O–H groups in total. The van der Waals surface area contributed by atoms with Crippen LogP contribution in [0.2, 0.25) is 14.8 Å². The Kier molecular flexibility index (Phi) is 3.80. The Morgan fingerprint density at radius 1 is 1.20 bits per heavy atom. The molecule has 0 bridgehead atoms. The fourth-order valence-corrected chi connectivity index (χ4v) is 13.3. The topological polar surface area (TPSA) is 0 Å². The molecule has 0 unspecified atom stereocenters. The Bertz CT molecular complexity index is 387. The maximum atomic E-state index is 2.53. The molecule has 82 valence electrons. The van der Waals surface area contributed by atoms with Crippen LogP contribution in [0.4, 0.5) is 0 Å². The molecule has 2 rings (SSSR count). The monoisotopic (exact) mass is 344 g/mol. The predicted octanol–water partition coefficient (Wildman–Crippen LogP) is 4.23. The molecule has 0 aromatic rings. The second-order valence-electron chi connectivity index (χ2n) is 5.20. The first-order chi connectivity index (χ1) is 7.07. The zero-order valence-electron chi connectivity index (χ0n) is 11.8. The minimum Gasteiger partial charge on any atom is -1.00 e. The molecule has 0 nitrogen and oxygen atoms in total. The Morgan fingerprint density at radius 3 is 2.60 bits per heavy atom. The average Bonchev–Trinajstić information content (AvgIpc) is 2.73. The normalized spacial score (nSPS) is 20.1. The van der Waals surface area contributed by atoms with Gasteiger partial charge in [-0.3, -0.25) is 0 Å². The van der Waals surface area contributed by atoms with E-state index in [0.717, 1.165) is 0 Å². The number of hydrogen-bond donors (Lipinski definition) is 0. The summed E-state index contributed by atoms with van der Waals surface area (Å²) in [4.78, 5) is 7.60. The molecule has 0 spiro atoms. The number of allylic oxidation sites excluding steroid dienone is 8. The number of hydrogen-bond acceptors (Lipinski definition) is 0. The fraction of sp³-hybridized carbons (Fsp3) is 0.385. The first kappa shape index (κ1) is 11.9. The van der Waals surface area contributed by atoms with E-state index in [1.54, 1.807) is 3.88 Å². The molecule has 0 saturated heterocycles. The molecule has 0 atom stereocenters. The second-order valence-corrected chi connectivity index (χ2v) is 21.9. The first-order valence-electron chi connectivity index (χ1n) is 5.60. The van der Waals surface area contributed by atoms with Crippen LogP contribution in [-0.2, 0) is 19.2 Å². The number of rotatable bonds is 3. The maximum Gasteiger partial charge on any atom is -1.00 e. The summed E-state index contributed by atoms with van der Waals surface area (Å²) in [6.45, 7) is 0. The molecule has 2 aliphatic rings. The standard InChI is InChI=1S/C5H5.C5H4.3CH3.Sn.Ti.2H/c2*1-2-4-5-3-1;;;;;;;/h1-3H,4H2;1-2H,3H2;3*1H3;;;;/q;;;;;;;2*-1. The third kappa shape index (κ3) is 2.98. The summed E-state index contributed by atoms with van der Waals surface area (Å²) >= 11 is -1.77. The summed E-state index contributed by atoms with van der Waals surface area (Å²) in [5, 5.41) is 0. The van der Waals surface area contributed by atoms with Crippen molar-refractivity contribution in [2.24, 2.45) is 0 Å². The Hall–Kier alpha value is 0.473. The summed E-state index contributed by atoms with van der Waals surface area (Å²) < 4.78 is 5.38. The van der Waals surface area contributed by atoms with E-state index < -0.39 is 18.4 Å². The van der Waals surface area contributed by atoms with Crippen LogP contribution >= 0.6 is 0 Å². The van der Waals surface area contributed by atoms with Crippen LogP contribution in [0.15, 0.2) is 41.7 Å². The zero-order valence-corrected chi connectivity index (χ0v) is 14.2. The quantitative estimate of drug-likeness (QED) is 0.673.